The summed E-state index contributed by atoms with van der Waals surface area (Å²) in [5.41, 5.74) is -1.68. The number of nitrogens with zero attached hydrogens (tertiary/aromatic N) is 3. The monoisotopic (exact) mass is 557 g/mol. The Morgan fingerprint density at radius 3 is 2.44 bits per heavy atom. The molecule has 1 aromatic rings. The number of aliphatic hydroxyl groups is 1. The number of anilines is 1. The first-order valence-corrected chi connectivity index (χ1v) is 13.9. The van der Waals surface area contributed by atoms with Crippen molar-refractivity contribution >= 4 is 35.0 Å². The van der Waals surface area contributed by atoms with Crippen molar-refractivity contribution < 1.29 is 24.2 Å². The number of rotatable bonds is 10. The van der Waals surface area contributed by atoms with Gasteiger partial charge in [-0.15, -0.1) is 13.2 Å². The molecule has 0 saturated carbocycles. The van der Waals surface area contributed by atoms with E-state index in [2.05, 4.69) is 13.2 Å². The van der Waals surface area contributed by atoms with Gasteiger partial charge in [-0.1, -0.05) is 56.7 Å². The van der Waals surface area contributed by atoms with Crippen LogP contribution in [0.2, 0.25) is 5.02 Å². The van der Waals surface area contributed by atoms with Crippen molar-refractivity contribution in [3.8, 4) is 0 Å². The fourth-order valence-corrected chi connectivity index (χ4v) is 7.32. The molecule has 3 unspecified atom stereocenters. The molecule has 1 N–H and O–H groups in total. The summed E-state index contributed by atoms with van der Waals surface area (Å²) in [5, 5.41) is 10.8. The lowest BCUT2D eigenvalue weighted by Gasteiger charge is -2.40. The molecule has 9 heteroatoms. The fraction of sp³-hybridized carbons (Fsp3) is 0.567. The highest BCUT2D eigenvalue weighted by Gasteiger charge is 2.80. The Morgan fingerprint density at radius 2 is 1.87 bits per heavy atom. The average Bonchev–Trinajstić information content (AvgIpc) is 3.40. The summed E-state index contributed by atoms with van der Waals surface area (Å²) in [4.78, 5) is 47.6. The standard InChI is InChI=1S/C30H40ClN3O5/c1-8-14-32(7)26(36)23-24-27(37)34(22(17-35)18(3)4)25(30(24)16-19(5)29(23,6)39-30)28(38)33(15-9-2)21-13-11-10-12-20(21)31/h8-13,18-19,22-25,35H,1-2,14-17H2,3-7H3/t19?,22-,23+,24-,25?,29-,30?/m0/s1. The molecule has 0 aliphatic carbocycles. The maximum absolute atomic E-state index is 14.7. The number of benzene rings is 1. The smallest absolute Gasteiger partial charge is 0.253 e. The number of halogens is 1. The van der Waals surface area contributed by atoms with E-state index in [9.17, 15) is 19.5 Å². The third kappa shape index (κ3) is 4.32. The van der Waals surface area contributed by atoms with E-state index in [4.69, 9.17) is 16.3 Å². The SMILES string of the molecule is C=CCN(C)C(=O)[C@H]1[C@H]2C(=O)N([C@@H](CO)C(C)C)C(C(=O)N(CC=C)c3ccccc3Cl)C23CC(C)[C@]1(C)O3. The Morgan fingerprint density at radius 1 is 1.23 bits per heavy atom. The van der Waals surface area contributed by atoms with Crippen LogP contribution in [0.1, 0.15) is 34.1 Å². The van der Waals surface area contributed by atoms with Crippen molar-refractivity contribution in [3.05, 3.63) is 54.6 Å². The number of fused-ring (bicyclic) bond motifs is 1. The highest BCUT2D eigenvalue weighted by Crippen LogP contribution is 2.66. The lowest BCUT2D eigenvalue weighted by Crippen LogP contribution is -2.60. The zero-order chi connectivity index (χ0) is 28.9. The van der Waals surface area contributed by atoms with E-state index < -0.39 is 35.1 Å². The molecule has 3 amide bonds. The van der Waals surface area contributed by atoms with Crippen LogP contribution in [0.15, 0.2) is 49.6 Å². The van der Waals surface area contributed by atoms with E-state index in [1.165, 1.54) is 9.80 Å². The van der Waals surface area contributed by atoms with Crippen LogP contribution in [-0.2, 0) is 19.1 Å². The van der Waals surface area contributed by atoms with Gasteiger partial charge in [0.2, 0.25) is 11.8 Å². The van der Waals surface area contributed by atoms with Gasteiger partial charge in [0, 0.05) is 20.1 Å². The van der Waals surface area contributed by atoms with Gasteiger partial charge < -0.3 is 24.5 Å². The molecule has 3 saturated heterocycles. The third-order valence-corrected chi connectivity index (χ3v) is 9.39. The van der Waals surface area contributed by atoms with E-state index in [1.807, 2.05) is 27.7 Å². The number of likely N-dealkylation sites (N-methyl/N-ethyl adjacent to an activating group) is 1. The Hall–Kier alpha value is -2.68. The molecule has 0 aromatic heterocycles. The molecule has 0 radical (unpaired) electrons. The summed E-state index contributed by atoms with van der Waals surface area (Å²) >= 11 is 6.54. The second kappa shape index (κ2) is 10.7. The Kier molecular flexibility index (Phi) is 8.05. The zero-order valence-corrected chi connectivity index (χ0v) is 24.2. The van der Waals surface area contributed by atoms with Gasteiger partial charge in [-0.2, -0.15) is 0 Å². The molecule has 8 nitrogen and oxygen atoms in total. The number of hydrogen-bond acceptors (Lipinski definition) is 5. The van der Waals surface area contributed by atoms with Gasteiger partial charge in [0.05, 0.1) is 40.8 Å². The van der Waals surface area contributed by atoms with Crippen LogP contribution in [0.4, 0.5) is 5.69 Å². The van der Waals surface area contributed by atoms with Gasteiger partial charge in [0.1, 0.15) is 11.6 Å². The predicted molar refractivity (Wildman–Crippen MR) is 151 cm³/mol. The summed E-state index contributed by atoms with van der Waals surface area (Å²) in [7, 11) is 1.68. The quantitative estimate of drug-likeness (QED) is 0.445. The number of ether oxygens (including phenoxy) is 1. The normalized spacial score (nSPS) is 31.8. The topological polar surface area (TPSA) is 90.4 Å². The Bertz CT molecular complexity index is 1170. The van der Waals surface area contributed by atoms with Crippen molar-refractivity contribution in [3.63, 3.8) is 0 Å². The van der Waals surface area contributed by atoms with Crippen molar-refractivity contribution in [1.82, 2.24) is 9.80 Å². The van der Waals surface area contributed by atoms with Crippen molar-refractivity contribution in [2.75, 3.05) is 31.6 Å². The number of aliphatic hydroxyl groups excluding tert-OH is 1. The molecule has 212 valence electrons. The Balaban J connectivity index is 1.91. The van der Waals surface area contributed by atoms with E-state index in [0.29, 0.717) is 23.7 Å². The molecule has 3 fully saturated rings. The maximum Gasteiger partial charge on any atom is 0.253 e. The van der Waals surface area contributed by atoms with Crippen LogP contribution in [0, 0.1) is 23.7 Å². The van der Waals surface area contributed by atoms with Gasteiger partial charge in [-0.05, 0) is 37.3 Å². The zero-order valence-electron chi connectivity index (χ0n) is 23.5. The maximum atomic E-state index is 14.7. The molecule has 1 spiro atoms. The van der Waals surface area contributed by atoms with Crippen LogP contribution < -0.4 is 4.90 Å². The highest BCUT2D eigenvalue weighted by molar-refractivity contribution is 6.34. The summed E-state index contributed by atoms with van der Waals surface area (Å²) < 4.78 is 6.83. The van der Waals surface area contributed by atoms with Gasteiger partial charge in [0.25, 0.3) is 5.91 Å². The number of amides is 3. The van der Waals surface area contributed by atoms with Gasteiger partial charge in [0.15, 0.2) is 0 Å². The molecule has 3 aliphatic rings. The minimum Gasteiger partial charge on any atom is -0.394 e. The summed E-state index contributed by atoms with van der Waals surface area (Å²) in [5.74, 6) is -2.81. The summed E-state index contributed by atoms with van der Waals surface area (Å²) in [6, 6.07) is 5.32. The summed E-state index contributed by atoms with van der Waals surface area (Å²) in [6.45, 7) is 15.4. The van der Waals surface area contributed by atoms with E-state index >= 15 is 0 Å². The number of carbonyl (C=O) groups is 3. The second-order valence-electron chi connectivity index (χ2n) is 11.6. The first-order valence-electron chi connectivity index (χ1n) is 13.6. The number of hydrogen-bond donors (Lipinski definition) is 1. The number of likely N-dealkylation sites (tertiary alicyclic amines) is 1. The van der Waals surface area contributed by atoms with E-state index in [0.717, 1.165) is 0 Å². The Labute approximate surface area is 236 Å². The van der Waals surface area contributed by atoms with E-state index in [-0.39, 0.29) is 42.7 Å². The molecule has 3 aliphatic heterocycles. The average molecular weight is 558 g/mol. The molecular formula is C30H40ClN3O5. The van der Waals surface area contributed by atoms with E-state index in [1.54, 1.807) is 48.4 Å². The van der Waals surface area contributed by atoms with Crippen LogP contribution >= 0.6 is 11.6 Å². The molecule has 2 bridgehead atoms. The van der Waals surface area contributed by atoms with Crippen molar-refractivity contribution in [2.45, 2.75) is 57.4 Å². The van der Waals surface area contributed by atoms with Gasteiger partial charge in [-0.25, -0.2) is 0 Å². The lowest BCUT2D eigenvalue weighted by molar-refractivity contribution is -0.154. The molecule has 4 rings (SSSR count). The first-order chi connectivity index (χ1) is 18.4. The molecule has 3 heterocycles. The second-order valence-corrected chi connectivity index (χ2v) is 12.0. The minimum absolute atomic E-state index is 0.0947. The number of para-hydroxylation sites is 1. The molecule has 7 atom stereocenters. The summed E-state index contributed by atoms with van der Waals surface area (Å²) in [6.07, 6.45) is 3.68. The first kappa shape index (κ1) is 29.3. The fourth-order valence-electron chi connectivity index (χ4n) is 7.08. The van der Waals surface area contributed by atoms with Crippen LogP contribution in [0.3, 0.4) is 0 Å². The molecular weight excluding hydrogens is 518 g/mol. The van der Waals surface area contributed by atoms with Crippen molar-refractivity contribution in [1.29, 1.82) is 0 Å². The third-order valence-electron chi connectivity index (χ3n) is 9.07. The van der Waals surface area contributed by atoms with Crippen LogP contribution in [0.25, 0.3) is 0 Å². The van der Waals surface area contributed by atoms with Crippen LogP contribution in [0.5, 0.6) is 0 Å². The molecule has 1 aromatic carbocycles. The number of carbonyl (C=O) groups excluding carboxylic acids is 3. The minimum atomic E-state index is -1.24. The largest absolute Gasteiger partial charge is 0.394 e. The lowest BCUT2D eigenvalue weighted by atomic mass is 9.62. The molecule has 39 heavy (non-hydrogen) atoms. The predicted octanol–water partition coefficient (Wildman–Crippen LogP) is 3.53. The van der Waals surface area contributed by atoms with Gasteiger partial charge in [-0.3, -0.25) is 14.4 Å². The van der Waals surface area contributed by atoms with Crippen LogP contribution in [-0.4, -0.2) is 82.7 Å². The highest BCUT2D eigenvalue weighted by atomic mass is 35.5. The van der Waals surface area contributed by atoms with Crippen molar-refractivity contribution in [2.24, 2.45) is 23.7 Å². The van der Waals surface area contributed by atoms with Gasteiger partial charge >= 0.3 is 0 Å².